The van der Waals surface area contributed by atoms with Crippen LogP contribution in [0.15, 0.2) is 72.6 Å². The van der Waals surface area contributed by atoms with Crippen LogP contribution < -0.4 is 0 Å². The number of fused-ring (bicyclic) bond motifs is 4. The van der Waals surface area contributed by atoms with Gasteiger partial charge in [-0.1, -0.05) is 92.7 Å². The van der Waals surface area contributed by atoms with Crippen molar-refractivity contribution >= 4 is 16.6 Å². The molecule has 0 saturated heterocycles. The molecule has 1 N–H and O–H groups in total. The number of carbonyl (C=O) groups is 1. The zero-order valence-corrected chi connectivity index (χ0v) is 28.4. The summed E-state index contributed by atoms with van der Waals surface area (Å²) in [7, 11) is 0. The summed E-state index contributed by atoms with van der Waals surface area (Å²) >= 11 is 0. The van der Waals surface area contributed by atoms with Gasteiger partial charge in [-0.05, 0) is 87.0 Å². The fourth-order valence-electron chi connectivity index (χ4n) is 5.75. The number of pyridine rings is 1. The van der Waals surface area contributed by atoms with Gasteiger partial charge >= 0.3 is 0 Å². The van der Waals surface area contributed by atoms with E-state index < -0.39 is 61.3 Å². The molecule has 1 radical (unpaired) electrons. The maximum atomic E-state index is 11.7. The maximum Gasteiger partial charge on any atom is 0.162 e. The minimum atomic E-state index is -3.07. The molecule has 0 saturated carbocycles. The number of carbonyl (C=O) groups excluding carboxylic acids is 1. The van der Waals surface area contributed by atoms with Crippen LogP contribution in [-0.4, -0.2) is 15.9 Å². The first-order valence-electron chi connectivity index (χ1n) is 22.3. The number of nitrogens with zero attached hydrogens (tertiary/aromatic N) is 1. The number of aromatic nitrogens is 1. The predicted octanol–water partition coefficient (Wildman–Crippen LogP) is 10.1. The maximum absolute atomic E-state index is 11.7. The van der Waals surface area contributed by atoms with Gasteiger partial charge in [0.25, 0.3) is 0 Å². The zero-order chi connectivity index (χ0) is 43.6. The Morgan fingerprint density at radius 2 is 1.51 bits per heavy atom. The number of aliphatic hydroxyl groups excluding tert-OH is 1. The average Bonchev–Trinajstić information content (AvgIpc) is 3.40. The van der Waals surface area contributed by atoms with Gasteiger partial charge in [-0.3, -0.25) is 9.78 Å². The number of rotatable bonds is 8. The first kappa shape index (κ1) is 20.2. The Bertz CT molecular complexity index is 2200. The molecule has 1 spiro atoms. The third-order valence-corrected chi connectivity index (χ3v) is 8.39. The van der Waals surface area contributed by atoms with Gasteiger partial charge in [-0.25, -0.2) is 0 Å². The number of ketones is 1. The van der Waals surface area contributed by atoms with E-state index in [1.807, 2.05) is 27.7 Å². The summed E-state index contributed by atoms with van der Waals surface area (Å²) in [5.41, 5.74) is -5.53. The summed E-state index contributed by atoms with van der Waals surface area (Å²) in [5, 5.41) is 10.2. The van der Waals surface area contributed by atoms with Crippen LogP contribution in [0.1, 0.15) is 106 Å². The summed E-state index contributed by atoms with van der Waals surface area (Å²) < 4.78 is 122. The van der Waals surface area contributed by atoms with Crippen molar-refractivity contribution in [2.24, 2.45) is 17.3 Å². The van der Waals surface area contributed by atoms with E-state index in [1.165, 1.54) is 36.4 Å². The summed E-state index contributed by atoms with van der Waals surface area (Å²) in [6.07, 6.45) is -6.02. The molecule has 3 aromatic carbocycles. The Balaban J connectivity index is 0.000000411. The largest absolute Gasteiger partial charge is 0.512 e. The quantitative estimate of drug-likeness (QED) is 0.110. The molecule has 0 unspecified atom stereocenters. The molecule has 1 heterocycles. The van der Waals surface area contributed by atoms with E-state index in [4.69, 9.17) is 8.22 Å². The van der Waals surface area contributed by atoms with Crippen molar-refractivity contribution in [3.05, 3.63) is 112 Å². The van der Waals surface area contributed by atoms with Gasteiger partial charge in [0, 0.05) is 69.1 Å². The van der Waals surface area contributed by atoms with Crippen LogP contribution in [0.5, 0.6) is 0 Å². The molecule has 3 nitrogen and oxygen atoms in total. The van der Waals surface area contributed by atoms with Crippen LogP contribution in [0.3, 0.4) is 0 Å². The van der Waals surface area contributed by atoms with Gasteiger partial charge in [0.15, 0.2) is 5.78 Å². The minimum Gasteiger partial charge on any atom is -0.512 e. The molecule has 6 rings (SSSR count). The van der Waals surface area contributed by atoms with Gasteiger partial charge in [-0.2, -0.15) is 0 Å². The van der Waals surface area contributed by atoms with E-state index in [0.717, 1.165) is 37.9 Å². The first-order valence-corrected chi connectivity index (χ1v) is 15.3. The van der Waals surface area contributed by atoms with Crippen molar-refractivity contribution in [3.63, 3.8) is 0 Å². The Labute approximate surface area is 303 Å². The van der Waals surface area contributed by atoms with Crippen molar-refractivity contribution in [2.75, 3.05) is 0 Å². The van der Waals surface area contributed by atoms with Crippen LogP contribution >= 0.6 is 0 Å². The molecule has 2 aliphatic carbocycles. The molecule has 0 atom stereocenters. The second kappa shape index (κ2) is 15.0. The van der Waals surface area contributed by atoms with Crippen molar-refractivity contribution in [3.8, 4) is 11.3 Å². The molecule has 0 aliphatic heterocycles. The third kappa shape index (κ3) is 7.34. The van der Waals surface area contributed by atoms with E-state index in [0.29, 0.717) is 0 Å². The molecular formula is C41H48IrNO2-. The van der Waals surface area contributed by atoms with Crippen LogP contribution in [0.25, 0.3) is 22.0 Å². The van der Waals surface area contributed by atoms with Crippen LogP contribution in [-0.2, 0) is 50.4 Å². The van der Waals surface area contributed by atoms with Crippen molar-refractivity contribution in [1.82, 2.24) is 4.98 Å². The Hall–Kier alpha value is -3.07. The molecule has 2 aliphatic rings. The standard InChI is InChI=1S/C28H24N.C13H24O2.Ir/c1-18-11-27(29-17-19(18)2)24-12-20-7-5-6-10-23(20)25-15-28(16-26(24)25)13-21-8-3-4-9-22(21)14-28;1-5-10(6-2)12(14)9-13(15)11(7-3)8-4;/h3-11,17H,13-16H2,1-2H3;9-11,14H,5-8H2,1-4H3;/q-1;;/b;12-9-;/i1D3,2D3,13D2,14D2,15D2,16D2;;. The van der Waals surface area contributed by atoms with E-state index in [-0.39, 0.29) is 82.2 Å². The molecular weight excluding hydrogens is 731 g/mol. The third-order valence-electron chi connectivity index (χ3n) is 8.39. The molecule has 0 fully saturated rings. The van der Waals surface area contributed by atoms with Gasteiger partial charge in [0.2, 0.25) is 0 Å². The van der Waals surface area contributed by atoms with Gasteiger partial charge in [0.1, 0.15) is 0 Å². The molecule has 239 valence electrons. The van der Waals surface area contributed by atoms with Crippen LogP contribution in [0.2, 0.25) is 0 Å². The summed E-state index contributed by atoms with van der Waals surface area (Å²) in [6, 6.07) is 16.0. The Morgan fingerprint density at radius 3 is 2.13 bits per heavy atom. The van der Waals surface area contributed by atoms with Crippen molar-refractivity contribution in [1.29, 1.82) is 0 Å². The van der Waals surface area contributed by atoms with Crippen molar-refractivity contribution < 1.29 is 49.2 Å². The van der Waals surface area contributed by atoms with E-state index >= 15 is 0 Å². The van der Waals surface area contributed by atoms with Crippen molar-refractivity contribution in [2.45, 2.75) is 92.6 Å². The first-order chi connectivity index (χ1) is 26.7. The number of hydrogen-bond donors (Lipinski definition) is 1. The molecule has 45 heavy (non-hydrogen) atoms. The number of allylic oxidation sites excluding steroid dienone is 2. The molecule has 0 bridgehead atoms. The smallest absolute Gasteiger partial charge is 0.162 e. The van der Waals surface area contributed by atoms with E-state index in [2.05, 4.69) is 11.1 Å². The van der Waals surface area contributed by atoms with E-state index in [1.54, 1.807) is 18.2 Å². The zero-order valence-electron chi connectivity index (χ0n) is 40.0. The molecule has 4 heteroatoms. The topological polar surface area (TPSA) is 50.2 Å². The molecule has 0 amide bonds. The van der Waals surface area contributed by atoms with E-state index in [9.17, 15) is 20.9 Å². The van der Waals surface area contributed by atoms with Gasteiger partial charge in [-0.15, -0.1) is 28.6 Å². The normalized spacial score (nSPS) is 24.4. The summed E-state index contributed by atoms with van der Waals surface area (Å²) in [5.74, 6) is 0.547. The predicted molar refractivity (Wildman–Crippen MR) is 183 cm³/mol. The molecule has 1 aromatic heterocycles. The fraction of sp³-hybridized carbons (Fsp3) is 0.415. The molecule has 4 aromatic rings. The van der Waals surface area contributed by atoms with Crippen LogP contribution in [0.4, 0.5) is 0 Å². The Morgan fingerprint density at radius 1 is 0.911 bits per heavy atom. The monoisotopic (exact) mass is 793 g/mol. The fourth-order valence-corrected chi connectivity index (χ4v) is 5.75. The Kier molecular flexibility index (Phi) is 6.75. The number of aliphatic hydroxyl groups is 1. The minimum absolute atomic E-state index is 0. The average molecular weight is 793 g/mol. The number of hydrogen-bond acceptors (Lipinski definition) is 3. The van der Waals surface area contributed by atoms with Gasteiger partial charge < -0.3 is 5.11 Å². The second-order valence-electron chi connectivity index (χ2n) is 11.2. The van der Waals surface area contributed by atoms with Gasteiger partial charge in [0.05, 0.1) is 5.76 Å². The van der Waals surface area contributed by atoms with Crippen LogP contribution in [0, 0.1) is 37.0 Å². The SMILES string of the molecule is CCC(CC)C(=O)/C=C(\O)C(CC)CC.[2H]C([2H])([2H])c1cnc(-c2[c-]c3ccccc3c3c2C([2H])([2H])C2(C([2H])([2H])c4ccccc4C2([2H])[2H])C3([2H])[2H])cc1C([2H])([2H])[2H].[Ir]. The number of aryl methyl sites for hydroxylation is 2. The number of benzene rings is 3. The second-order valence-corrected chi connectivity index (χ2v) is 11.2. The summed E-state index contributed by atoms with van der Waals surface area (Å²) in [6.45, 7) is 2.34. The summed E-state index contributed by atoms with van der Waals surface area (Å²) in [4.78, 5) is 15.9.